The van der Waals surface area contributed by atoms with Crippen molar-refractivity contribution in [2.24, 2.45) is 28.9 Å². The standard InChI is InChI=1S/C64H102N20O22S2/c1-6-11-40(89)73-17-9-15-70-13-7-8-14-71-16-10-18-74-57(97)35-25-108-61(80-35)36-26-107-41(79-36)12-19-75-58(98)43(31(5)87)82-56(96)29(3)45(90)30(4)78-60(100)44(83-59(99)42-28(2)53(67)84-55(81-42)33(20-39(66)88)76-21-32(65)54(68)95)50(34-22-72-27-77-34)104-63-52(48(93)46(91)37(23-85)103-63)105-62-49(94)51(106-64(69)101)47(92)38(24-86)102-62/h22,25-27,29-33,37-38,43-52,62-63,70-71,76,85-87,90-94H,6-21,23-24,65H2,1-5H3,(H2,66,88)(H2,68,95)(H2,69,101)(H,72,77)(H,73,89)(H,74,97)(H,75,98)(H,78,100)(H,82,96)(H,83,99)(H2,67,81,84)/t29-,30+,31+,32-,33-,37-,38+,43-,44-,45-,46+,47+,48-,49-,50-,51-,52-,62+,63-/m0/s1. The molecule has 0 aromatic carbocycles. The predicted octanol–water partition coefficient (Wildman–Crippen LogP) is -7.32. The fourth-order valence-corrected chi connectivity index (χ4v) is 12.8. The zero-order valence-corrected chi connectivity index (χ0v) is 61.9. The number of amides is 9. The highest BCUT2D eigenvalue weighted by molar-refractivity contribution is 7.14. The number of thiazole rings is 2. The van der Waals surface area contributed by atoms with Crippen LogP contribution in [0.3, 0.4) is 0 Å². The lowest BCUT2D eigenvalue weighted by Gasteiger charge is -2.47. The molecule has 6 rings (SSSR count). The number of carbonyl (C=O) groups excluding carboxylic acids is 9. The Bertz CT molecular complexity index is 3570. The van der Waals surface area contributed by atoms with Crippen LogP contribution in [0.2, 0.25) is 0 Å². The maximum atomic E-state index is 15.2. The summed E-state index contributed by atoms with van der Waals surface area (Å²) >= 11 is 2.50. The van der Waals surface area contributed by atoms with Gasteiger partial charge in [0.05, 0.1) is 72.7 Å². The number of hydrogen-bond acceptors (Lipinski definition) is 34. The third-order valence-electron chi connectivity index (χ3n) is 17.4. The molecule has 0 spiro atoms. The van der Waals surface area contributed by atoms with E-state index in [2.05, 4.69) is 77.8 Å². The number of anilines is 1. The molecule has 0 unspecified atom stereocenters. The van der Waals surface area contributed by atoms with Crippen molar-refractivity contribution in [1.82, 2.24) is 77.8 Å². The molecule has 108 heavy (non-hydrogen) atoms. The molecule has 19 atom stereocenters. The first-order valence-corrected chi connectivity index (χ1v) is 36.8. The van der Waals surface area contributed by atoms with Gasteiger partial charge in [-0.05, 0) is 79.1 Å². The molecule has 602 valence electrons. The predicted molar refractivity (Wildman–Crippen MR) is 382 cm³/mol. The normalized spacial score (nSPS) is 22.5. The molecule has 2 fully saturated rings. The molecule has 42 nitrogen and oxygen atoms in total. The molecular weight excluding hydrogens is 1460 g/mol. The maximum Gasteiger partial charge on any atom is 0.404 e. The van der Waals surface area contributed by atoms with Crippen LogP contribution in [0.15, 0.2) is 23.3 Å². The van der Waals surface area contributed by atoms with Crippen LogP contribution in [0.5, 0.6) is 0 Å². The quantitative estimate of drug-likeness (QED) is 0.0183. The van der Waals surface area contributed by atoms with E-state index in [1.807, 2.05) is 6.92 Å². The summed E-state index contributed by atoms with van der Waals surface area (Å²) in [5.74, 6) is -8.69. The first-order chi connectivity index (χ1) is 51.4. The van der Waals surface area contributed by atoms with Crippen molar-refractivity contribution in [1.29, 1.82) is 0 Å². The Morgan fingerprint density at radius 2 is 1.36 bits per heavy atom. The van der Waals surface area contributed by atoms with E-state index in [4.69, 9.17) is 52.4 Å². The van der Waals surface area contributed by atoms with Gasteiger partial charge in [0, 0.05) is 61.8 Å². The molecule has 6 heterocycles. The van der Waals surface area contributed by atoms with Crippen LogP contribution in [0.25, 0.3) is 10.7 Å². The van der Waals surface area contributed by atoms with Crippen molar-refractivity contribution >= 4 is 81.8 Å². The minimum atomic E-state index is -2.20. The van der Waals surface area contributed by atoms with Gasteiger partial charge in [0.15, 0.2) is 18.7 Å². The number of nitrogen functional groups attached to an aromatic ring is 1. The second-order valence-electron chi connectivity index (χ2n) is 25.8. The molecule has 0 saturated carbocycles. The zero-order chi connectivity index (χ0) is 79.5. The minimum absolute atomic E-state index is 0.0215. The summed E-state index contributed by atoms with van der Waals surface area (Å²) in [5, 5.41) is 118. The molecule has 2 saturated heterocycles. The van der Waals surface area contributed by atoms with Crippen molar-refractivity contribution in [2.75, 3.05) is 71.3 Å². The molecule has 28 N–H and O–H groups in total. The van der Waals surface area contributed by atoms with Gasteiger partial charge in [0.25, 0.3) is 11.8 Å². The summed E-state index contributed by atoms with van der Waals surface area (Å²) in [5.41, 5.74) is 28.1. The molecule has 9 amide bonds. The lowest BCUT2D eigenvalue weighted by molar-refractivity contribution is -0.372. The minimum Gasteiger partial charge on any atom is -0.441 e. The van der Waals surface area contributed by atoms with Gasteiger partial charge in [0.2, 0.25) is 35.4 Å². The number of imidazole rings is 1. The first-order valence-electron chi connectivity index (χ1n) is 35.0. The van der Waals surface area contributed by atoms with Crippen molar-refractivity contribution in [2.45, 2.75) is 196 Å². The first kappa shape index (κ1) is 88.6. The third kappa shape index (κ3) is 26.0. The molecule has 2 aliphatic rings. The number of H-pyrrole nitrogens is 1. The fraction of sp³-hybridized carbons (Fsp3) is 0.656. The molecule has 0 aliphatic carbocycles. The number of nitrogens with zero attached hydrogens (tertiary/aromatic N) is 5. The van der Waals surface area contributed by atoms with Crippen molar-refractivity contribution in [3.05, 3.63) is 56.8 Å². The Morgan fingerprint density at radius 1 is 0.704 bits per heavy atom. The van der Waals surface area contributed by atoms with E-state index < -0.39 is 183 Å². The van der Waals surface area contributed by atoms with E-state index in [1.165, 1.54) is 50.4 Å². The lowest BCUT2D eigenvalue weighted by atomic mass is 9.96. The lowest BCUT2D eigenvalue weighted by Crippen LogP contribution is -2.65. The average molecular weight is 1570 g/mol. The summed E-state index contributed by atoms with van der Waals surface area (Å²) in [6.45, 7) is 8.97. The highest BCUT2D eigenvalue weighted by Gasteiger charge is 2.54. The maximum absolute atomic E-state index is 15.2. The van der Waals surface area contributed by atoms with Gasteiger partial charge in [-0.3, -0.25) is 38.4 Å². The summed E-state index contributed by atoms with van der Waals surface area (Å²) in [6, 6.07) is -7.89. The molecule has 44 heteroatoms. The molecule has 4 aromatic rings. The number of unbranched alkanes of at least 4 members (excludes halogenated alkanes) is 1. The molecule has 2 aliphatic heterocycles. The Hall–Kier alpha value is -8.26. The Labute approximate surface area is 628 Å². The topological polar surface area (TPSA) is 680 Å². The third-order valence-corrected chi connectivity index (χ3v) is 19.1. The number of aromatic amines is 1. The van der Waals surface area contributed by atoms with Crippen LogP contribution < -0.4 is 76.5 Å². The van der Waals surface area contributed by atoms with E-state index in [0.29, 0.717) is 41.6 Å². The van der Waals surface area contributed by atoms with Crippen molar-refractivity contribution < 1.29 is 108 Å². The van der Waals surface area contributed by atoms with Gasteiger partial charge in [-0.25, -0.2) is 29.7 Å². The fourth-order valence-electron chi connectivity index (χ4n) is 11.2. The average Bonchev–Trinajstić information content (AvgIpc) is 0.781. The van der Waals surface area contributed by atoms with Crippen molar-refractivity contribution in [3.63, 3.8) is 0 Å². The number of rotatable bonds is 46. The van der Waals surface area contributed by atoms with Crippen LogP contribution in [-0.4, -0.2) is 287 Å². The highest BCUT2D eigenvalue weighted by atomic mass is 32.1. The summed E-state index contributed by atoms with van der Waals surface area (Å²) in [7, 11) is 0. The monoisotopic (exact) mass is 1570 g/mol. The molecular formula is C64H102N20O22S2. The number of aromatic nitrogens is 6. The van der Waals surface area contributed by atoms with E-state index in [-0.39, 0.29) is 59.9 Å². The number of nitrogens with one attached hydrogen (secondary N) is 10. The summed E-state index contributed by atoms with van der Waals surface area (Å²) < 4.78 is 28.8. The molecule has 0 bridgehead atoms. The molecule has 4 aromatic heterocycles. The van der Waals surface area contributed by atoms with Gasteiger partial charge in [-0.2, -0.15) is 0 Å². The summed E-state index contributed by atoms with van der Waals surface area (Å²) in [6.07, 6.45) is -20.3. The van der Waals surface area contributed by atoms with Gasteiger partial charge in [0.1, 0.15) is 94.6 Å². The highest BCUT2D eigenvalue weighted by Crippen LogP contribution is 2.35. The van der Waals surface area contributed by atoms with Gasteiger partial charge < -0.3 is 146 Å². The molecule has 0 radical (unpaired) electrons. The van der Waals surface area contributed by atoms with E-state index in [0.717, 1.165) is 64.4 Å². The van der Waals surface area contributed by atoms with E-state index >= 15 is 4.79 Å². The van der Waals surface area contributed by atoms with Crippen LogP contribution in [0, 0.1) is 12.8 Å². The van der Waals surface area contributed by atoms with E-state index in [9.17, 15) is 79.2 Å². The van der Waals surface area contributed by atoms with Crippen LogP contribution in [-0.2, 0) is 58.9 Å². The van der Waals surface area contributed by atoms with Gasteiger partial charge >= 0.3 is 6.09 Å². The van der Waals surface area contributed by atoms with Crippen molar-refractivity contribution in [3.8, 4) is 10.7 Å². The number of aliphatic hydroxyl groups excluding tert-OH is 8. The number of hydrogen-bond donors (Lipinski definition) is 23. The number of ether oxygens (including phenoxy) is 5. The second kappa shape index (κ2) is 43.8. The zero-order valence-electron chi connectivity index (χ0n) is 60.2. The van der Waals surface area contributed by atoms with Crippen LogP contribution in [0.4, 0.5) is 10.6 Å². The SMILES string of the molecule is CCCC(=O)NCCCNCCCCNCCCNC(=O)c1csc(-c2csc(CCNC(=O)[C@@H](NC(=O)[C@@H](C)[C@H](O)[C@@H](C)NC(=O)[C@@H](NC(=O)c3nc([C@H](CC(N)=O)NC[C@H](N)C(N)=O)nc(N)c3C)[C@@H](O[C@@H]3O[C@@H](CO)[C@@H](O)[C@H](O)[C@@H]3O[C@H]3O[C@H](CO)[C@@H](O)[C@H](OC(N)=O)[C@@H]3O)c3cnc[nH]3)[C@@H](C)O)n2)n1. The number of primary amides is 3. The van der Waals surface area contributed by atoms with E-state index in [1.54, 1.807) is 10.8 Å². The number of carbonyl (C=O) groups is 9. The Morgan fingerprint density at radius 3 is 1.98 bits per heavy atom. The number of aliphatic hydroxyl groups is 8. The Balaban J connectivity index is 1.14. The second-order valence-corrected chi connectivity index (χ2v) is 27.6. The smallest absolute Gasteiger partial charge is 0.404 e. The van der Waals surface area contributed by atoms with Gasteiger partial charge in [-0.1, -0.05) is 13.8 Å². The Kier molecular flexibility index (Phi) is 36.0. The summed E-state index contributed by atoms with van der Waals surface area (Å²) in [4.78, 5) is 143. The van der Waals surface area contributed by atoms with Crippen LogP contribution >= 0.6 is 22.7 Å². The largest absolute Gasteiger partial charge is 0.441 e. The number of nitrogens with two attached hydrogens (primary N) is 5. The van der Waals surface area contributed by atoms with Crippen LogP contribution in [0.1, 0.15) is 128 Å². The van der Waals surface area contributed by atoms with Gasteiger partial charge in [-0.15, -0.1) is 22.7 Å².